The molecule has 1 saturated heterocycles. The second-order valence-corrected chi connectivity index (χ2v) is 6.71. The predicted octanol–water partition coefficient (Wildman–Crippen LogP) is 1.61. The molecule has 11 heteroatoms. The molecule has 0 aliphatic carbocycles. The van der Waals surface area contributed by atoms with Gasteiger partial charge in [0.1, 0.15) is 11.4 Å². The number of piperidine rings is 1. The fourth-order valence-electron chi connectivity index (χ4n) is 3.31. The number of β-amino-alcohol motifs (C(OH)–C–C–N with tert-alkyl or cyclic N) is 1. The van der Waals surface area contributed by atoms with E-state index < -0.39 is 24.1 Å². The van der Waals surface area contributed by atoms with E-state index in [2.05, 4.69) is 20.5 Å². The largest absolute Gasteiger partial charge is 0.391 e. The predicted molar refractivity (Wildman–Crippen MR) is 96.6 cm³/mol. The summed E-state index contributed by atoms with van der Waals surface area (Å²) in [6.07, 6.45) is 2.69. The summed E-state index contributed by atoms with van der Waals surface area (Å²) in [5.74, 6) is 0.0173. The summed E-state index contributed by atoms with van der Waals surface area (Å²) in [5, 5.41) is 20.1. The number of carbonyl (C=O) groups is 1. The molecule has 1 fully saturated rings. The third-order valence-electron chi connectivity index (χ3n) is 4.63. The van der Waals surface area contributed by atoms with Crippen LogP contribution in [0.5, 0.6) is 0 Å². The number of aryl methyl sites for hydroxylation is 1. The van der Waals surface area contributed by atoms with Crippen LogP contribution in [-0.4, -0.2) is 54.6 Å². The molecular weight excluding hydrogens is 372 g/mol. The topological polar surface area (TPSA) is 101 Å². The number of rotatable bonds is 4. The van der Waals surface area contributed by atoms with E-state index in [0.29, 0.717) is 18.0 Å². The van der Waals surface area contributed by atoms with Gasteiger partial charge in [0, 0.05) is 32.5 Å². The second kappa shape index (κ2) is 7.15. The lowest BCUT2D eigenvalue weighted by atomic mass is 10.1. The summed E-state index contributed by atoms with van der Waals surface area (Å²) >= 11 is 0. The first-order chi connectivity index (χ1) is 13.4. The van der Waals surface area contributed by atoms with Crippen molar-refractivity contribution in [1.82, 2.24) is 24.4 Å². The van der Waals surface area contributed by atoms with Crippen LogP contribution in [-0.2, 0) is 7.05 Å². The lowest BCUT2D eigenvalue weighted by Crippen LogP contribution is -2.38. The van der Waals surface area contributed by atoms with E-state index in [1.54, 1.807) is 12.3 Å². The van der Waals surface area contributed by atoms with Gasteiger partial charge in [-0.25, -0.2) is 18.3 Å². The minimum atomic E-state index is -2.81. The van der Waals surface area contributed by atoms with Crippen molar-refractivity contribution in [1.29, 1.82) is 0 Å². The van der Waals surface area contributed by atoms with Crippen molar-refractivity contribution in [2.45, 2.75) is 25.4 Å². The van der Waals surface area contributed by atoms with Crippen molar-refractivity contribution in [3.8, 4) is 0 Å². The molecule has 3 aromatic rings. The molecule has 4 rings (SSSR count). The maximum Gasteiger partial charge on any atom is 0.284 e. The van der Waals surface area contributed by atoms with E-state index in [9.17, 15) is 18.7 Å². The molecule has 4 heterocycles. The number of amides is 1. The normalized spacial score (nSPS) is 17.5. The zero-order valence-corrected chi connectivity index (χ0v) is 15.1. The number of aliphatic hydroxyl groups is 1. The fraction of sp³-hybridized carbons (Fsp3) is 0.412. The van der Waals surface area contributed by atoms with Crippen LogP contribution in [0.3, 0.4) is 0 Å². The molecule has 0 saturated carbocycles. The Balaban J connectivity index is 1.63. The fourth-order valence-corrected chi connectivity index (χ4v) is 3.31. The number of nitrogens with zero attached hydrogens (tertiary/aromatic N) is 6. The summed E-state index contributed by atoms with van der Waals surface area (Å²) in [7, 11) is 1.50. The molecule has 28 heavy (non-hydrogen) atoms. The van der Waals surface area contributed by atoms with E-state index >= 15 is 0 Å². The Morgan fingerprint density at radius 1 is 1.43 bits per heavy atom. The van der Waals surface area contributed by atoms with E-state index in [1.807, 2.05) is 4.90 Å². The monoisotopic (exact) mass is 391 g/mol. The first-order valence-electron chi connectivity index (χ1n) is 8.83. The van der Waals surface area contributed by atoms with Crippen LogP contribution in [0.1, 0.15) is 35.3 Å². The van der Waals surface area contributed by atoms with Gasteiger partial charge in [0.25, 0.3) is 12.3 Å². The second-order valence-electron chi connectivity index (χ2n) is 6.71. The molecule has 1 aliphatic rings. The first-order valence-corrected chi connectivity index (χ1v) is 8.83. The van der Waals surface area contributed by atoms with Gasteiger partial charge in [-0.15, -0.1) is 0 Å². The van der Waals surface area contributed by atoms with Gasteiger partial charge in [0.2, 0.25) is 0 Å². The van der Waals surface area contributed by atoms with E-state index in [1.165, 1.54) is 28.6 Å². The molecule has 9 nitrogen and oxygen atoms in total. The Labute approximate surface area is 158 Å². The number of hydrogen-bond donors (Lipinski definition) is 2. The quantitative estimate of drug-likeness (QED) is 0.701. The SMILES string of the molecule is Cn1cc(NC(=O)c2cnn3ccc(N4CCC[C@@H](O)C4)nc23)c(C(F)F)n1. The van der Waals surface area contributed by atoms with Crippen molar-refractivity contribution in [2.75, 3.05) is 23.3 Å². The van der Waals surface area contributed by atoms with E-state index in [0.717, 1.165) is 19.4 Å². The number of halogens is 2. The minimum Gasteiger partial charge on any atom is -0.391 e. The van der Waals surface area contributed by atoms with Gasteiger partial charge in [0.15, 0.2) is 11.3 Å². The Hall–Kier alpha value is -3.08. The van der Waals surface area contributed by atoms with Crippen molar-refractivity contribution >= 4 is 23.1 Å². The van der Waals surface area contributed by atoms with Gasteiger partial charge in [-0.1, -0.05) is 0 Å². The Morgan fingerprint density at radius 3 is 3.00 bits per heavy atom. The average Bonchev–Trinajstić information content (AvgIpc) is 3.24. The molecule has 1 atom stereocenters. The van der Waals surface area contributed by atoms with Gasteiger partial charge >= 0.3 is 0 Å². The number of aliphatic hydroxyl groups excluding tert-OH is 1. The number of alkyl halides is 2. The first kappa shape index (κ1) is 18.3. The van der Waals surface area contributed by atoms with Gasteiger partial charge in [-0.2, -0.15) is 10.2 Å². The summed E-state index contributed by atoms with van der Waals surface area (Å²) in [5.41, 5.74) is -0.0959. The van der Waals surface area contributed by atoms with E-state index in [4.69, 9.17) is 0 Å². The zero-order valence-electron chi connectivity index (χ0n) is 15.1. The van der Waals surface area contributed by atoms with Crippen molar-refractivity contribution in [2.24, 2.45) is 7.05 Å². The lowest BCUT2D eigenvalue weighted by molar-refractivity contribution is 0.102. The van der Waals surface area contributed by atoms with E-state index in [-0.39, 0.29) is 11.3 Å². The van der Waals surface area contributed by atoms with Gasteiger partial charge in [-0.3, -0.25) is 9.48 Å². The van der Waals surface area contributed by atoms with Crippen molar-refractivity contribution in [3.05, 3.63) is 35.9 Å². The third-order valence-corrected chi connectivity index (χ3v) is 4.63. The Kier molecular flexibility index (Phi) is 4.67. The number of nitrogens with one attached hydrogen (secondary N) is 1. The molecule has 0 unspecified atom stereocenters. The standard InChI is InChI=1S/C17H19F2N7O2/c1-24-9-12(14(23-24)15(18)19)21-17(28)11-7-20-26-6-4-13(22-16(11)26)25-5-2-3-10(27)8-25/h4,6-7,9-10,15,27H,2-3,5,8H2,1H3,(H,21,28)/t10-/m1/s1. The van der Waals surface area contributed by atoms with Crippen LogP contribution in [0, 0.1) is 0 Å². The zero-order chi connectivity index (χ0) is 19.8. The van der Waals surface area contributed by atoms with Crippen LogP contribution < -0.4 is 10.2 Å². The highest BCUT2D eigenvalue weighted by Crippen LogP contribution is 2.26. The number of anilines is 2. The van der Waals surface area contributed by atoms with Gasteiger partial charge < -0.3 is 15.3 Å². The highest BCUT2D eigenvalue weighted by Gasteiger charge is 2.23. The summed E-state index contributed by atoms with van der Waals surface area (Å²) in [4.78, 5) is 19.1. The molecular formula is C17H19F2N7O2. The Morgan fingerprint density at radius 2 is 2.25 bits per heavy atom. The molecule has 0 radical (unpaired) electrons. The number of hydrogen-bond acceptors (Lipinski definition) is 6. The highest BCUT2D eigenvalue weighted by molar-refractivity contribution is 6.08. The molecule has 0 bridgehead atoms. The van der Waals surface area contributed by atoms with Crippen LogP contribution >= 0.6 is 0 Å². The minimum absolute atomic E-state index is 0.0582. The maximum absolute atomic E-state index is 13.1. The van der Waals surface area contributed by atoms with Crippen LogP contribution in [0.15, 0.2) is 24.7 Å². The molecule has 0 spiro atoms. The maximum atomic E-state index is 13.1. The van der Waals surface area contributed by atoms with Crippen LogP contribution in [0.25, 0.3) is 5.65 Å². The third kappa shape index (κ3) is 3.40. The van der Waals surface area contributed by atoms with Crippen molar-refractivity contribution in [3.63, 3.8) is 0 Å². The number of carbonyl (C=O) groups excluding carboxylic acids is 1. The molecule has 148 valence electrons. The average molecular weight is 391 g/mol. The molecule has 2 N–H and O–H groups in total. The smallest absolute Gasteiger partial charge is 0.284 e. The summed E-state index contributed by atoms with van der Waals surface area (Å²) < 4.78 is 28.8. The lowest BCUT2D eigenvalue weighted by Gasteiger charge is -2.30. The summed E-state index contributed by atoms with van der Waals surface area (Å²) in [6, 6.07) is 1.76. The number of fused-ring (bicyclic) bond motifs is 1. The summed E-state index contributed by atoms with van der Waals surface area (Å²) in [6.45, 7) is 1.22. The molecule has 1 aliphatic heterocycles. The number of aromatic nitrogens is 5. The Bertz CT molecular complexity index is 1020. The highest BCUT2D eigenvalue weighted by atomic mass is 19.3. The van der Waals surface area contributed by atoms with Gasteiger partial charge in [0.05, 0.1) is 18.0 Å². The molecule has 1 amide bonds. The van der Waals surface area contributed by atoms with Crippen molar-refractivity contribution < 1.29 is 18.7 Å². The molecule has 3 aromatic heterocycles. The van der Waals surface area contributed by atoms with Crippen LogP contribution in [0.4, 0.5) is 20.3 Å². The molecule has 0 aromatic carbocycles. The van der Waals surface area contributed by atoms with Gasteiger partial charge in [-0.05, 0) is 18.9 Å². The van der Waals surface area contributed by atoms with Crippen LogP contribution in [0.2, 0.25) is 0 Å².